The van der Waals surface area contributed by atoms with E-state index in [1.807, 2.05) is 0 Å². The molecule has 0 aliphatic carbocycles. The maximum Gasteiger partial charge on any atom is 0.264 e. The van der Waals surface area contributed by atoms with E-state index in [0.29, 0.717) is 18.4 Å². The normalized spacial score (nSPS) is 37.4. The Labute approximate surface area is 85.4 Å². The summed E-state index contributed by atoms with van der Waals surface area (Å²) in [4.78, 5) is 2.40. The maximum atomic E-state index is 10.8. The monoisotopic (exact) mass is 219 g/mol. The summed E-state index contributed by atoms with van der Waals surface area (Å²) in [6, 6.07) is 0. The second kappa shape index (κ2) is 3.79. The Morgan fingerprint density at radius 3 is 2.43 bits per heavy atom. The topological polar surface area (TPSA) is 46.6 Å². The molecule has 4 nitrogen and oxygen atoms in total. The van der Waals surface area contributed by atoms with Gasteiger partial charge in [-0.1, -0.05) is 0 Å². The lowest BCUT2D eigenvalue weighted by Crippen LogP contribution is -2.48. The summed E-state index contributed by atoms with van der Waals surface area (Å²) in [7, 11) is -3.26. The molecule has 0 N–H and O–H groups in total. The number of fused-ring (bicyclic) bond motifs is 3. The Hall–Kier alpha value is -0.130. The summed E-state index contributed by atoms with van der Waals surface area (Å²) in [6.45, 7) is 3.75. The average Bonchev–Trinajstić information content (AvgIpc) is 2.16. The lowest BCUT2D eigenvalue weighted by molar-refractivity contribution is 0.0273. The molecule has 0 saturated carbocycles. The molecule has 2 bridgehead atoms. The highest BCUT2D eigenvalue weighted by atomic mass is 32.2. The van der Waals surface area contributed by atoms with Crippen LogP contribution in [0.2, 0.25) is 0 Å². The minimum absolute atomic E-state index is 0.375. The standard InChI is InChI=1S/C9H17NO3S/c1-14(11,12)13-7-9-6-10-4-2-8(9)3-5-10/h8-9H,2-7H2,1H3/t9-/m1/s1. The molecule has 3 heterocycles. The van der Waals surface area contributed by atoms with Gasteiger partial charge in [0.15, 0.2) is 0 Å². The molecular formula is C9H17NO3S. The van der Waals surface area contributed by atoms with Crippen LogP contribution in [0.5, 0.6) is 0 Å². The van der Waals surface area contributed by atoms with Gasteiger partial charge >= 0.3 is 0 Å². The van der Waals surface area contributed by atoms with E-state index in [2.05, 4.69) is 4.90 Å². The molecule has 0 aromatic heterocycles. The Morgan fingerprint density at radius 1 is 1.36 bits per heavy atom. The summed E-state index contributed by atoms with van der Waals surface area (Å²) in [5.41, 5.74) is 0. The van der Waals surface area contributed by atoms with Gasteiger partial charge in [0, 0.05) is 6.54 Å². The molecule has 3 aliphatic rings. The second-order valence-corrected chi connectivity index (χ2v) is 6.03. The van der Waals surface area contributed by atoms with Crippen molar-refractivity contribution >= 4 is 10.1 Å². The molecule has 0 spiro atoms. The SMILES string of the molecule is CS(=O)(=O)OC[C@H]1CN2CCC1CC2. The van der Waals surface area contributed by atoms with Crippen LogP contribution in [0.15, 0.2) is 0 Å². The fraction of sp³-hybridized carbons (Fsp3) is 1.00. The summed E-state index contributed by atoms with van der Waals surface area (Å²) in [6.07, 6.45) is 3.53. The first kappa shape index (κ1) is 10.4. The van der Waals surface area contributed by atoms with E-state index < -0.39 is 10.1 Å². The minimum Gasteiger partial charge on any atom is -0.303 e. The first-order chi connectivity index (χ1) is 6.54. The van der Waals surface area contributed by atoms with Crippen LogP contribution in [0.4, 0.5) is 0 Å². The van der Waals surface area contributed by atoms with Crippen LogP contribution in [-0.2, 0) is 14.3 Å². The fourth-order valence-electron chi connectivity index (χ4n) is 2.49. The third kappa shape index (κ3) is 2.46. The van der Waals surface area contributed by atoms with E-state index in [1.165, 1.54) is 25.9 Å². The predicted molar refractivity (Wildman–Crippen MR) is 53.4 cm³/mol. The second-order valence-electron chi connectivity index (χ2n) is 4.39. The highest BCUT2D eigenvalue weighted by molar-refractivity contribution is 7.85. The van der Waals surface area contributed by atoms with Crippen molar-refractivity contribution in [3.63, 3.8) is 0 Å². The molecule has 3 fully saturated rings. The first-order valence-corrected chi connectivity index (χ1v) is 6.93. The number of rotatable bonds is 3. The number of hydrogen-bond donors (Lipinski definition) is 0. The number of hydrogen-bond acceptors (Lipinski definition) is 4. The van der Waals surface area contributed by atoms with E-state index in [1.54, 1.807) is 0 Å². The maximum absolute atomic E-state index is 10.8. The van der Waals surface area contributed by atoms with Gasteiger partial charge in [-0.3, -0.25) is 4.18 Å². The van der Waals surface area contributed by atoms with Crippen molar-refractivity contribution in [1.82, 2.24) is 4.90 Å². The van der Waals surface area contributed by atoms with Crippen LogP contribution < -0.4 is 0 Å². The zero-order valence-electron chi connectivity index (χ0n) is 8.48. The highest BCUT2D eigenvalue weighted by Gasteiger charge is 2.34. The summed E-state index contributed by atoms with van der Waals surface area (Å²) in [5.74, 6) is 1.11. The number of nitrogens with zero attached hydrogens (tertiary/aromatic N) is 1. The van der Waals surface area contributed by atoms with E-state index in [0.717, 1.165) is 12.8 Å². The molecule has 5 heteroatoms. The molecule has 0 radical (unpaired) electrons. The molecule has 0 aromatic rings. The van der Waals surface area contributed by atoms with Crippen LogP contribution in [-0.4, -0.2) is 45.8 Å². The molecule has 0 aromatic carbocycles. The van der Waals surface area contributed by atoms with E-state index in [9.17, 15) is 8.42 Å². The van der Waals surface area contributed by atoms with Gasteiger partial charge in [-0.15, -0.1) is 0 Å². The van der Waals surface area contributed by atoms with E-state index in [-0.39, 0.29) is 0 Å². The molecule has 14 heavy (non-hydrogen) atoms. The van der Waals surface area contributed by atoms with Crippen molar-refractivity contribution < 1.29 is 12.6 Å². The summed E-state index contributed by atoms with van der Waals surface area (Å²) >= 11 is 0. The molecule has 3 aliphatic heterocycles. The minimum atomic E-state index is -3.26. The largest absolute Gasteiger partial charge is 0.303 e. The predicted octanol–water partition coefficient (Wildman–Crippen LogP) is 0.304. The van der Waals surface area contributed by atoms with Crippen molar-refractivity contribution in [2.45, 2.75) is 12.8 Å². The van der Waals surface area contributed by atoms with Crippen LogP contribution >= 0.6 is 0 Å². The Bertz CT molecular complexity index is 293. The lowest BCUT2D eigenvalue weighted by Gasteiger charge is -2.44. The molecule has 3 rings (SSSR count). The highest BCUT2D eigenvalue weighted by Crippen LogP contribution is 2.32. The van der Waals surface area contributed by atoms with Gasteiger partial charge in [-0.25, -0.2) is 0 Å². The molecule has 0 unspecified atom stereocenters. The van der Waals surface area contributed by atoms with Gasteiger partial charge in [0.05, 0.1) is 12.9 Å². The molecule has 3 saturated heterocycles. The molecule has 0 amide bonds. The van der Waals surface area contributed by atoms with Crippen molar-refractivity contribution in [1.29, 1.82) is 0 Å². The average molecular weight is 219 g/mol. The van der Waals surface area contributed by atoms with Gasteiger partial charge in [-0.05, 0) is 37.8 Å². The van der Waals surface area contributed by atoms with Crippen LogP contribution in [0, 0.1) is 11.8 Å². The summed E-state index contributed by atoms with van der Waals surface area (Å²) < 4.78 is 26.6. The fourth-order valence-corrected chi connectivity index (χ4v) is 2.91. The third-order valence-corrected chi connectivity index (χ3v) is 3.85. The Kier molecular flexibility index (Phi) is 2.81. The smallest absolute Gasteiger partial charge is 0.264 e. The van der Waals surface area contributed by atoms with Gasteiger partial charge in [0.25, 0.3) is 10.1 Å². The zero-order chi connectivity index (χ0) is 10.2. The quantitative estimate of drug-likeness (QED) is 0.641. The van der Waals surface area contributed by atoms with Crippen molar-refractivity contribution in [3.8, 4) is 0 Å². The molecule has 1 atom stereocenters. The first-order valence-electron chi connectivity index (χ1n) is 5.11. The van der Waals surface area contributed by atoms with E-state index in [4.69, 9.17) is 4.18 Å². The Balaban J connectivity index is 1.87. The van der Waals surface area contributed by atoms with Gasteiger partial charge in [0.1, 0.15) is 0 Å². The van der Waals surface area contributed by atoms with Gasteiger partial charge in [-0.2, -0.15) is 8.42 Å². The van der Waals surface area contributed by atoms with Crippen molar-refractivity contribution in [2.24, 2.45) is 11.8 Å². The van der Waals surface area contributed by atoms with Crippen LogP contribution in [0.25, 0.3) is 0 Å². The van der Waals surface area contributed by atoms with Gasteiger partial charge in [0.2, 0.25) is 0 Å². The Morgan fingerprint density at radius 2 is 2.00 bits per heavy atom. The van der Waals surface area contributed by atoms with E-state index >= 15 is 0 Å². The van der Waals surface area contributed by atoms with Crippen LogP contribution in [0.1, 0.15) is 12.8 Å². The van der Waals surface area contributed by atoms with Gasteiger partial charge < -0.3 is 4.90 Å². The third-order valence-electron chi connectivity index (χ3n) is 3.29. The summed E-state index contributed by atoms with van der Waals surface area (Å²) in [5, 5.41) is 0. The van der Waals surface area contributed by atoms with Crippen molar-refractivity contribution in [3.05, 3.63) is 0 Å². The molecular weight excluding hydrogens is 202 g/mol. The molecule has 82 valence electrons. The lowest BCUT2D eigenvalue weighted by atomic mass is 9.80. The zero-order valence-corrected chi connectivity index (χ0v) is 9.29. The van der Waals surface area contributed by atoms with Crippen molar-refractivity contribution in [2.75, 3.05) is 32.5 Å². The van der Waals surface area contributed by atoms with Crippen LogP contribution in [0.3, 0.4) is 0 Å². The number of piperidine rings is 3.